The predicted molar refractivity (Wildman–Crippen MR) is 48.0 cm³/mol. The largest absolute Gasteiger partial charge is 0.385 e. The molecule has 0 aromatic carbocycles. The molecular formula is C8H15NS. The van der Waals surface area contributed by atoms with Gasteiger partial charge in [0.25, 0.3) is 0 Å². The van der Waals surface area contributed by atoms with Crippen LogP contribution in [0.4, 0.5) is 0 Å². The first-order valence-electron chi connectivity index (χ1n) is 3.77. The van der Waals surface area contributed by atoms with E-state index in [2.05, 4.69) is 26.1 Å². The maximum atomic E-state index is 3.45. The van der Waals surface area contributed by atoms with Crippen molar-refractivity contribution in [2.24, 2.45) is 0 Å². The Kier molecular flexibility index (Phi) is 2.66. The van der Waals surface area contributed by atoms with Crippen molar-refractivity contribution >= 4 is 11.8 Å². The van der Waals surface area contributed by atoms with Gasteiger partial charge in [0.05, 0.1) is 0 Å². The molecule has 0 aromatic heterocycles. The van der Waals surface area contributed by atoms with E-state index in [1.165, 1.54) is 22.8 Å². The van der Waals surface area contributed by atoms with Crippen molar-refractivity contribution in [3.05, 3.63) is 10.6 Å². The lowest BCUT2D eigenvalue weighted by molar-refractivity contribution is 0.603. The first-order valence-corrected chi connectivity index (χ1v) is 4.75. The van der Waals surface area contributed by atoms with Crippen LogP contribution < -0.4 is 5.32 Å². The van der Waals surface area contributed by atoms with Crippen molar-refractivity contribution in [3.63, 3.8) is 0 Å². The third kappa shape index (κ3) is 1.94. The molecule has 1 N–H and O–H groups in total. The Morgan fingerprint density at radius 2 is 2.20 bits per heavy atom. The molecule has 0 saturated heterocycles. The number of hydrogen-bond acceptors (Lipinski definition) is 2. The highest BCUT2D eigenvalue weighted by Gasteiger charge is 2.08. The van der Waals surface area contributed by atoms with Crippen molar-refractivity contribution in [1.29, 1.82) is 0 Å². The number of hydrogen-bond donors (Lipinski definition) is 1. The zero-order valence-corrected chi connectivity index (χ0v) is 7.72. The molecule has 10 heavy (non-hydrogen) atoms. The lowest BCUT2D eigenvalue weighted by Gasteiger charge is -2.11. The lowest BCUT2D eigenvalue weighted by atomic mass is 10.2. The number of nitrogens with one attached hydrogen (secondary N) is 1. The molecule has 2 heteroatoms. The smallest absolute Gasteiger partial charge is 0.0238 e. The minimum Gasteiger partial charge on any atom is -0.385 e. The zero-order valence-electron chi connectivity index (χ0n) is 6.90. The first-order chi connectivity index (χ1) is 4.70. The normalized spacial score (nSPS) is 27.7. The molecule has 1 unspecified atom stereocenters. The van der Waals surface area contributed by atoms with Gasteiger partial charge in [0.15, 0.2) is 0 Å². The van der Waals surface area contributed by atoms with E-state index in [1.54, 1.807) is 0 Å². The topological polar surface area (TPSA) is 12.0 Å². The highest BCUT2D eigenvalue weighted by atomic mass is 32.2. The van der Waals surface area contributed by atoms with Gasteiger partial charge in [-0.1, -0.05) is 0 Å². The molecule has 58 valence electrons. The lowest BCUT2D eigenvalue weighted by Crippen LogP contribution is -2.23. The number of rotatable bonds is 0. The van der Waals surface area contributed by atoms with Crippen molar-refractivity contribution in [2.45, 2.75) is 33.2 Å². The summed E-state index contributed by atoms with van der Waals surface area (Å²) in [5.41, 5.74) is 1.36. The van der Waals surface area contributed by atoms with Gasteiger partial charge in [0.1, 0.15) is 0 Å². The second kappa shape index (κ2) is 3.33. The average molecular weight is 157 g/mol. The number of allylic oxidation sites excluding steroid dienone is 2. The second-order valence-corrected chi connectivity index (χ2v) is 4.17. The predicted octanol–water partition coefficient (Wildman–Crippen LogP) is 2.35. The van der Waals surface area contributed by atoms with Crippen LogP contribution >= 0.6 is 11.8 Å². The molecule has 0 amide bonds. The van der Waals surface area contributed by atoms with Crippen LogP contribution in [0, 0.1) is 0 Å². The Morgan fingerprint density at radius 3 is 2.90 bits per heavy atom. The molecule has 0 saturated carbocycles. The molecule has 1 nitrogen and oxygen atoms in total. The molecule has 0 aromatic rings. The third-order valence-corrected chi connectivity index (χ3v) is 3.04. The fraction of sp³-hybridized carbons (Fsp3) is 0.750. The van der Waals surface area contributed by atoms with E-state index in [-0.39, 0.29) is 0 Å². The van der Waals surface area contributed by atoms with E-state index >= 15 is 0 Å². The van der Waals surface area contributed by atoms with E-state index < -0.39 is 0 Å². The van der Waals surface area contributed by atoms with Crippen LogP contribution in [0.25, 0.3) is 0 Å². The van der Waals surface area contributed by atoms with Crippen molar-refractivity contribution < 1.29 is 0 Å². The number of thioether (sulfide) groups is 1. The molecule has 0 bridgehead atoms. The molecule has 0 fully saturated rings. The Balaban J connectivity index is 2.61. The zero-order chi connectivity index (χ0) is 7.56. The average Bonchev–Trinajstić information content (AvgIpc) is 1.96. The van der Waals surface area contributed by atoms with Gasteiger partial charge in [-0.05, 0) is 32.9 Å². The summed E-state index contributed by atoms with van der Waals surface area (Å²) in [6.07, 6.45) is 1.28. The van der Waals surface area contributed by atoms with Crippen molar-refractivity contribution in [3.8, 4) is 0 Å². The van der Waals surface area contributed by atoms with Crippen molar-refractivity contribution in [2.75, 3.05) is 5.75 Å². The summed E-state index contributed by atoms with van der Waals surface area (Å²) in [5.74, 6) is 1.26. The second-order valence-electron chi connectivity index (χ2n) is 2.86. The molecule has 0 spiro atoms. The van der Waals surface area contributed by atoms with Gasteiger partial charge >= 0.3 is 0 Å². The van der Waals surface area contributed by atoms with Gasteiger partial charge < -0.3 is 5.32 Å². The highest BCUT2D eigenvalue weighted by Crippen LogP contribution is 2.22. The van der Waals surface area contributed by atoms with E-state index in [1.807, 2.05) is 11.8 Å². The third-order valence-electron chi connectivity index (χ3n) is 1.86. The van der Waals surface area contributed by atoms with Gasteiger partial charge in [0, 0.05) is 16.6 Å². The molecule has 1 atom stereocenters. The first kappa shape index (κ1) is 7.99. The highest BCUT2D eigenvalue weighted by molar-refractivity contribution is 8.03. The van der Waals surface area contributed by atoms with E-state index in [9.17, 15) is 0 Å². The van der Waals surface area contributed by atoms with Crippen LogP contribution in [0.1, 0.15) is 27.2 Å². The fourth-order valence-electron chi connectivity index (χ4n) is 1.04. The van der Waals surface area contributed by atoms with Gasteiger partial charge in [-0.25, -0.2) is 0 Å². The van der Waals surface area contributed by atoms with Crippen molar-refractivity contribution in [1.82, 2.24) is 5.32 Å². The van der Waals surface area contributed by atoms with E-state index in [0.29, 0.717) is 6.04 Å². The Hall–Kier alpha value is -0.110. The summed E-state index contributed by atoms with van der Waals surface area (Å²) in [6, 6.07) is 0.657. The fourth-order valence-corrected chi connectivity index (χ4v) is 2.09. The molecule has 1 heterocycles. The molecule has 1 aliphatic heterocycles. The molecule has 0 aliphatic carbocycles. The summed E-state index contributed by atoms with van der Waals surface area (Å²) >= 11 is 1.97. The summed E-state index contributed by atoms with van der Waals surface area (Å²) < 4.78 is 0. The van der Waals surface area contributed by atoms with Crippen LogP contribution in [-0.2, 0) is 0 Å². The van der Waals surface area contributed by atoms with Gasteiger partial charge in [-0.2, -0.15) is 0 Å². The maximum absolute atomic E-state index is 3.45. The molecule has 1 rings (SSSR count). The minimum absolute atomic E-state index is 0.657. The minimum atomic E-state index is 0.657. The quantitative estimate of drug-likeness (QED) is 0.579. The van der Waals surface area contributed by atoms with Crippen LogP contribution in [-0.4, -0.2) is 11.8 Å². The molecule has 0 radical (unpaired) electrons. The van der Waals surface area contributed by atoms with Gasteiger partial charge in [-0.3, -0.25) is 0 Å². The van der Waals surface area contributed by atoms with Crippen LogP contribution in [0.15, 0.2) is 10.6 Å². The maximum Gasteiger partial charge on any atom is 0.0238 e. The standard InChI is InChI=1S/C8H15NS/c1-6-4-5-10-8(3)7(2)9-6/h6,9H,4-5H2,1-3H3. The van der Waals surface area contributed by atoms with Gasteiger partial charge in [0.2, 0.25) is 0 Å². The summed E-state index contributed by atoms with van der Waals surface area (Å²) in [4.78, 5) is 1.45. The molecule has 1 aliphatic rings. The van der Waals surface area contributed by atoms with E-state index in [0.717, 1.165) is 0 Å². The van der Waals surface area contributed by atoms with Gasteiger partial charge in [-0.15, -0.1) is 11.8 Å². The van der Waals surface area contributed by atoms with Crippen LogP contribution in [0.3, 0.4) is 0 Å². The summed E-state index contributed by atoms with van der Waals surface area (Å²) in [5, 5.41) is 3.45. The SMILES string of the molecule is CC1=C(C)SCCC(C)N1. The Bertz CT molecular complexity index is 151. The van der Waals surface area contributed by atoms with Crippen LogP contribution in [0.2, 0.25) is 0 Å². The monoisotopic (exact) mass is 157 g/mol. The van der Waals surface area contributed by atoms with Crippen LogP contribution in [0.5, 0.6) is 0 Å². The van der Waals surface area contributed by atoms with E-state index in [4.69, 9.17) is 0 Å². The Morgan fingerprint density at radius 1 is 1.50 bits per heavy atom. The Labute approximate surface area is 67.3 Å². The molecular weight excluding hydrogens is 142 g/mol. The summed E-state index contributed by atoms with van der Waals surface area (Å²) in [6.45, 7) is 6.58. The summed E-state index contributed by atoms with van der Waals surface area (Å²) in [7, 11) is 0.